The summed E-state index contributed by atoms with van der Waals surface area (Å²) in [5.74, 6) is -0.865. The Labute approximate surface area is 119 Å². The van der Waals surface area contributed by atoms with Gasteiger partial charge in [0.25, 0.3) is 0 Å². The summed E-state index contributed by atoms with van der Waals surface area (Å²) in [6.07, 6.45) is 6.15. The minimum Gasteiger partial charge on any atom is -0.481 e. The number of amides is 2. The predicted molar refractivity (Wildman–Crippen MR) is 73.4 cm³/mol. The van der Waals surface area contributed by atoms with Gasteiger partial charge in [-0.3, -0.25) is 4.79 Å². The standard InChI is InChI=1S/C14H24N2O4/c17-9-3-8-16(11-4-1-5-11)13(20)15-14(6-2-7-14)10-12(18)19/h11,17H,1-10H2,(H,15,20)(H,18,19). The second-order valence-electron chi connectivity index (χ2n) is 5.99. The van der Waals surface area contributed by atoms with Gasteiger partial charge in [0.2, 0.25) is 0 Å². The fraction of sp³-hybridized carbons (Fsp3) is 0.857. The topological polar surface area (TPSA) is 89.9 Å². The van der Waals surface area contributed by atoms with E-state index in [4.69, 9.17) is 10.2 Å². The third-order valence-electron chi connectivity index (χ3n) is 4.51. The van der Waals surface area contributed by atoms with Gasteiger partial charge in [-0.25, -0.2) is 4.79 Å². The van der Waals surface area contributed by atoms with Crippen molar-refractivity contribution in [1.29, 1.82) is 0 Å². The molecule has 0 aliphatic heterocycles. The van der Waals surface area contributed by atoms with E-state index in [1.807, 2.05) is 0 Å². The number of aliphatic hydroxyl groups excluding tert-OH is 1. The van der Waals surface area contributed by atoms with Crippen LogP contribution in [0.1, 0.15) is 51.4 Å². The van der Waals surface area contributed by atoms with Crippen LogP contribution < -0.4 is 5.32 Å². The van der Waals surface area contributed by atoms with E-state index in [1.165, 1.54) is 0 Å². The first-order valence-electron chi connectivity index (χ1n) is 7.48. The monoisotopic (exact) mass is 284 g/mol. The van der Waals surface area contributed by atoms with E-state index in [1.54, 1.807) is 4.90 Å². The summed E-state index contributed by atoms with van der Waals surface area (Å²) in [5, 5.41) is 20.9. The van der Waals surface area contributed by atoms with Crippen LogP contribution in [0.25, 0.3) is 0 Å². The van der Waals surface area contributed by atoms with Gasteiger partial charge in [0.05, 0.1) is 12.0 Å². The summed E-state index contributed by atoms with van der Waals surface area (Å²) >= 11 is 0. The van der Waals surface area contributed by atoms with Crippen molar-refractivity contribution >= 4 is 12.0 Å². The Bertz CT molecular complexity index is 364. The summed E-state index contributed by atoms with van der Waals surface area (Å²) in [6, 6.07) is 0.0904. The number of nitrogens with one attached hydrogen (secondary N) is 1. The Morgan fingerprint density at radius 1 is 1.25 bits per heavy atom. The third-order valence-corrected chi connectivity index (χ3v) is 4.51. The van der Waals surface area contributed by atoms with Crippen molar-refractivity contribution in [3.63, 3.8) is 0 Å². The molecule has 0 unspecified atom stereocenters. The van der Waals surface area contributed by atoms with Gasteiger partial charge in [-0.2, -0.15) is 0 Å². The van der Waals surface area contributed by atoms with E-state index in [-0.39, 0.29) is 25.1 Å². The maximum Gasteiger partial charge on any atom is 0.318 e. The summed E-state index contributed by atoms with van der Waals surface area (Å²) in [6.45, 7) is 0.604. The second kappa shape index (κ2) is 6.43. The Kier molecular flexibility index (Phi) is 4.86. The Hall–Kier alpha value is -1.30. The zero-order valence-corrected chi connectivity index (χ0v) is 11.8. The molecular weight excluding hydrogens is 260 g/mol. The zero-order valence-electron chi connectivity index (χ0n) is 11.8. The number of urea groups is 1. The van der Waals surface area contributed by atoms with Crippen LogP contribution in [-0.4, -0.2) is 51.8 Å². The van der Waals surface area contributed by atoms with Crippen molar-refractivity contribution in [2.45, 2.75) is 62.9 Å². The number of carbonyl (C=O) groups is 2. The lowest BCUT2D eigenvalue weighted by molar-refractivity contribution is -0.139. The van der Waals surface area contributed by atoms with E-state index in [0.717, 1.165) is 38.5 Å². The SMILES string of the molecule is O=C(O)CC1(NC(=O)N(CCCO)C2CCC2)CCC1. The van der Waals surface area contributed by atoms with E-state index in [0.29, 0.717) is 13.0 Å². The van der Waals surface area contributed by atoms with Crippen LogP contribution in [0.2, 0.25) is 0 Å². The minimum absolute atomic E-state index is 0.00273. The first kappa shape index (κ1) is 15.1. The molecular formula is C14H24N2O4. The largest absolute Gasteiger partial charge is 0.481 e. The molecule has 3 N–H and O–H groups in total. The highest BCUT2D eigenvalue weighted by Gasteiger charge is 2.42. The first-order valence-corrected chi connectivity index (χ1v) is 7.48. The number of hydrogen-bond acceptors (Lipinski definition) is 3. The van der Waals surface area contributed by atoms with E-state index in [2.05, 4.69) is 5.32 Å². The van der Waals surface area contributed by atoms with Gasteiger partial charge in [0.1, 0.15) is 0 Å². The molecule has 6 heteroatoms. The number of hydrogen-bond donors (Lipinski definition) is 3. The van der Waals surface area contributed by atoms with Crippen molar-refractivity contribution < 1.29 is 19.8 Å². The van der Waals surface area contributed by atoms with Gasteiger partial charge >= 0.3 is 12.0 Å². The van der Waals surface area contributed by atoms with Crippen molar-refractivity contribution in [3.8, 4) is 0 Å². The molecule has 2 aliphatic carbocycles. The molecule has 0 spiro atoms. The number of rotatable bonds is 7. The molecule has 0 radical (unpaired) electrons. The van der Waals surface area contributed by atoms with Crippen LogP contribution >= 0.6 is 0 Å². The summed E-state index contributed by atoms with van der Waals surface area (Å²) < 4.78 is 0. The molecule has 6 nitrogen and oxygen atoms in total. The lowest BCUT2D eigenvalue weighted by Gasteiger charge is -2.45. The van der Waals surface area contributed by atoms with Gasteiger partial charge in [-0.1, -0.05) is 0 Å². The highest BCUT2D eigenvalue weighted by atomic mass is 16.4. The van der Waals surface area contributed by atoms with Crippen LogP contribution in [0, 0.1) is 0 Å². The summed E-state index contributed by atoms with van der Waals surface area (Å²) in [4.78, 5) is 25.1. The molecule has 2 saturated carbocycles. The highest BCUT2D eigenvalue weighted by molar-refractivity contribution is 5.77. The molecule has 0 aromatic rings. The maximum absolute atomic E-state index is 12.4. The number of carboxylic acids is 1. The molecule has 0 heterocycles. The minimum atomic E-state index is -0.865. The lowest BCUT2D eigenvalue weighted by Crippen LogP contribution is -2.60. The molecule has 2 rings (SSSR count). The van der Waals surface area contributed by atoms with Crippen LogP contribution in [0.3, 0.4) is 0 Å². The Morgan fingerprint density at radius 2 is 1.95 bits per heavy atom. The number of aliphatic hydroxyl groups is 1. The van der Waals surface area contributed by atoms with Gasteiger partial charge in [0, 0.05) is 19.2 Å². The van der Waals surface area contributed by atoms with Crippen LogP contribution in [0.5, 0.6) is 0 Å². The molecule has 2 fully saturated rings. The molecule has 0 bridgehead atoms. The third kappa shape index (κ3) is 3.42. The number of carboxylic acid groups (broad SMARTS) is 1. The molecule has 0 aromatic carbocycles. The normalized spacial score (nSPS) is 20.6. The van der Waals surface area contributed by atoms with Crippen LogP contribution in [-0.2, 0) is 4.79 Å². The molecule has 20 heavy (non-hydrogen) atoms. The molecule has 2 aliphatic rings. The van der Waals surface area contributed by atoms with Crippen LogP contribution in [0.15, 0.2) is 0 Å². The zero-order chi connectivity index (χ0) is 14.6. The van der Waals surface area contributed by atoms with Gasteiger partial charge in [-0.15, -0.1) is 0 Å². The van der Waals surface area contributed by atoms with E-state index in [9.17, 15) is 9.59 Å². The van der Waals surface area contributed by atoms with Crippen molar-refractivity contribution in [1.82, 2.24) is 10.2 Å². The molecule has 2 amide bonds. The van der Waals surface area contributed by atoms with Gasteiger partial charge < -0.3 is 20.4 Å². The maximum atomic E-state index is 12.4. The summed E-state index contributed by atoms with van der Waals surface area (Å²) in [5.41, 5.74) is -0.551. The summed E-state index contributed by atoms with van der Waals surface area (Å²) in [7, 11) is 0. The highest BCUT2D eigenvalue weighted by Crippen LogP contribution is 2.35. The van der Waals surface area contributed by atoms with E-state index >= 15 is 0 Å². The van der Waals surface area contributed by atoms with Crippen LogP contribution in [0.4, 0.5) is 4.79 Å². The molecule has 0 atom stereocenters. The second-order valence-corrected chi connectivity index (χ2v) is 5.99. The molecule has 0 saturated heterocycles. The quantitative estimate of drug-likeness (QED) is 0.658. The average Bonchev–Trinajstić information content (AvgIpc) is 2.28. The van der Waals surface area contributed by atoms with Crippen molar-refractivity contribution in [2.24, 2.45) is 0 Å². The number of aliphatic carboxylic acids is 1. The van der Waals surface area contributed by atoms with Gasteiger partial charge in [-0.05, 0) is 44.9 Å². The molecule has 114 valence electrons. The predicted octanol–water partition coefficient (Wildman–Crippen LogP) is 1.33. The number of nitrogens with zero attached hydrogens (tertiary/aromatic N) is 1. The fourth-order valence-corrected chi connectivity index (χ4v) is 2.93. The van der Waals surface area contributed by atoms with Crippen molar-refractivity contribution in [2.75, 3.05) is 13.2 Å². The molecule has 0 aromatic heterocycles. The smallest absolute Gasteiger partial charge is 0.318 e. The average molecular weight is 284 g/mol. The Balaban J connectivity index is 1.94. The fourth-order valence-electron chi connectivity index (χ4n) is 2.93. The van der Waals surface area contributed by atoms with Gasteiger partial charge in [0.15, 0.2) is 0 Å². The van der Waals surface area contributed by atoms with E-state index < -0.39 is 11.5 Å². The Morgan fingerprint density at radius 3 is 2.35 bits per heavy atom. The lowest BCUT2D eigenvalue weighted by atomic mass is 9.74. The number of carbonyl (C=O) groups excluding carboxylic acids is 1. The van der Waals surface area contributed by atoms with Crippen molar-refractivity contribution in [3.05, 3.63) is 0 Å². The first-order chi connectivity index (χ1) is 9.56.